The Bertz CT molecular complexity index is 419. The Morgan fingerprint density at radius 1 is 0.483 bits per heavy atom. The minimum Gasteiger partial charge on any atom is -0.466 e. The van der Waals surface area contributed by atoms with Gasteiger partial charge in [0, 0.05) is 19.3 Å². The molecule has 5 heteroatoms. The third-order valence-corrected chi connectivity index (χ3v) is 4.98. The summed E-state index contributed by atoms with van der Waals surface area (Å²) in [6.45, 7) is 4.86. The molecule has 0 unspecified atom stereocenters. The first-order valence-corrected chi connectivity index (χ1v) is 12.0. The first-order chi connectivity index (χ1) is 14.1. The molecule has 0 atom stereocenters. The molecule has 170 valence electrons. The zero-order valence-electron chi connectivity index (χ0n) is 19.0. The zero-order chi connectivity index (χ0) is 21.6. The van der Waals surface area contributed by atoms with E-state index in [1.807, 2.05) is 0 Å². The van der Waals surface area contributed by atoms with Crippen LogP contribution in [0, 0.1) is 0 Å². The summed E-state index contributed by atoms with van der Waals surface area (Å²) < 4.78 is 10.0. The van der Waals surface area contributed by atoms with Crippen molar-refractivity contribution in [3.63, 3.8) is 0 Å². The molecule has 0 saturated heterocycles. The molecule has 0 heterocycles. The first-order valence-electron chi connectivity index (χ1n) is 12.0. The number of rotatable bonds is 20. The summed E-state index contributed by atoms with van der Waals surface area (Å²) in [6.07, 6.45) is 16.8. The molecule has 0 amide bonds. The molecule has 0 saturated carbocycles. The molecule has 0 radical (unpaired) electrons. The second-order valence-electron chi connectivity index (χ2n) is 7.91. The van der Waals surface area contributed by atoms with Gasteiger partial charge in [0.15, 0.2) is 0 Å². The van der Waals surface area contributed by atoms with Crippen molar-refractivity contribution in [2.45, 2.75) is 129 Å². The normalized spacial score (nSPS) is 10.7. The van der Waals surface area contributed by atoms with Crippen molar-refractivity contribution in [1.82, 2.24) is 0 Å². The van der Waals surface area contributed by atoms with Crippen LogP contribution in [0.2, 0.25) is 0 Å². The van der Waals surface area contributed by atoms with Gasteiger partial charge in [-0.3, -0.25) is 14.4 Å². The van der Waals surface area contributed by atoms with Crippen LogP contribution in [0.1, 0.15) is 129 Å². The maximum absolute atomic E-state index is 11.7. The largest absolute Gasteiger partial charge is 0.466 e. The number of unbranched alkanes of at least 4 members (excludes halogenated alkanes) is 12. The molecule has 0 aliphatic rings. The fourth-order valence-corrected chi connectivity index (χ4v) is 3.13. The molecule has 0 aliphatic carbocycles. The van der Waals surface area contributed by atoms with Gasteiger partial charge in [-0.2, -0.15) is 0 Å². The average molecular weight is 413 g/mol. The molecular weight excluding hydrogens is 368 g/mol. The molecule has 29 heavy (non-hydrogen) atoms. The summed E-state index contributed by atoms with van der Waals surface area (Å²) in [5, 5.41) is 0. The molecule has 0 spiro atoms. The minimum atomic E-state index is -0.487. The van der Waals surface area contributed by atoms with Crippen molar-refractivity contribution in [1.29, 1.82) is 0 Å². The number of hydrogen-bond donors (Lipinski definition) is 0. The first kappa shape index (κ1) is 27.6. The van der Waals surface area contributed by atoms with Crippen LogP contribution in [-0.4, -0.2) is 24.5 Å². The number of ether oxygens (including phenoxy) is 2. The van der Waals surface area contributed by atoms with Gasteiger partial charge in [0.05, 0.1) is 6.61 Å². The summed E-state index contributed by atoms with van der Waals surface area (Å²) in [5.74, 6) is -1.12. The van der Waals surface area contributed by atoms with Crippen LogP contribution < -0.4 is 0 Å². The van der Waals surface area contributed by atoms with Crippen LogP contribution in [-0.2, 0) is 23.9 Å². The number of esters is 3. The lowest BCUT2D eigenvalue weighted by Crippen LogP contribution is -2.12. The lowest BCUT2D eigenvalue weighted by molar-refractivity contribution is -0.160. The topological polar surface area (TPSA) is 69.7 Å². The summed E-state index contributed by atoms with van der Waals surface area (Å²) in [4.78, 5) is 34.9. The quantitative estimate of drug-likeness (QED) is 0.127. The van der Waals surface area contributed by atoms with E-state index in [2.05, 4.69) is 13.8 Å². The Morgan fingerprint density at radius 2 is 0.862 bits per heavy atom. The maximum atomic E-state index is 11.7. The van der Waals surface area contributed by atoms with E-state index < -0.39 is 11.9 Å². The second-order valence-corrected chi connectivity index (χ2v) is 7.91. The molecule has 0 aliphatic heterocycles. The minimum absolute atomic E-state index is 0.174. The summed E-state index contributed by atoms with van der Waals surface area (Å²) in [5.41, 5.74) is 0. The van der Waals surface area contributed by atoms with E-state index in [1.165, 1.54) is 51.4 Å². The van der Waals surface area contributed by atoms with E-state index in [0.717, 1.165) is 32.1 Å². The summed E-state index contributed by atoms with van der Waals surface area (Å²) >= 11 is 0. The lowest BCUT2D eigenvalue weighted by atomic mass is 10.1. The van der Waals surface area contributed by atoms with E-state index in [-0.39, 0.29) is 12.4 Å². The molecule has 0 aromatic carbocycles. The monoisotopic (exact) mass is 412 g/mol. The van der Waals surface area contributed by atoms with Gasteiger partial charge in [-0.15, -0.1) is 0 Å². The van der Waals surface area contributed by atoms with E-state index in [4.69, 9.17) is 9.47 Å². The van der Waals surface area contributed by atoms with E-state index >= 15 is 0 Å². The van der Waals surface area contributed by atoms with Crippen molar-refractivity contribution in [3.05, 3.63) is 0 Å². The van der Waals surface area contributed by atoms with Gasteiger partial charge >= 0.3 is 17.9 Å². The summed E-state index contributed by atoms with van der Waals surface area (Å²) in [6, 6.07) is 0. The zero-order valence-corrected chi connectivity index (χ0v) is 19.0. The van der Waals surface area contributed by atoms with Crippen molar-refractivity contribution < 1.29 is 23.9 Å². The molecule has 5 nitrogen and oxygen atoms in total. The Kier molecular flexibility index (Phi) is 20.3. The van der Waals surface area contributed by atoms with E-state index in [9.17, 15) is 14.4 Å². The SMILES string of the molecule is CCCCCCCCCCC(=O)OC(=O)CCCCC(=O)OCCCCCCC. The van der Waals surface area contributed by atoms with E-state index in [1.54, 1.807) is 0 Å². The Labute approximate surface area is 178 Å². The van der Waals surface area contributed by atoms with Crippen molar-refractivity contribution in [3.8, 4) is 0 Å². The van der Waals surface area contributed by atoms with Crippen LogP contribution in [0.3, 0.4) is 0 Å². The Hall–Kier alpha value is -1.39. The fraction of sp³-hybridized carbons (Fsp3) is 0.875. The molecule has 0 N–H and O–H groups in total. The van der Waals surface area contributed by atoms with Crippen LogP contribution in [0.5, 0.6) is 0 Å². The third kappa shape index (κ3) is 21.1. The molecule has 0 aromatic rings. The van der Waals surface area contributed by atoms with Gasteiger partial charge in [-0.1, -0.05) is 84.5 Å². The number of carbonyl (C=O) groups excluding carboxylic acids is 3. The maximum Gasteiger partial charge on any atom is 0.313 e. The van der Waals surface area contributed by atoms with Gasteiger partial charge in [0.1, 0.15) is 0 Å². The Balaban J connectivity index is 3.47. The van der Waals surface area contributed by atoms with Crippen LogP contribution >= 0.6 is 0 Å². The standard InChI is InChI=1S/C24H44O5/c1-3-5-7-9-10-11-12-14-19-23(26)29-24(27)20-16-15-18-22(25)28-21-17-13-8-6-4-2/h3-21H2,1-2H3. The van der Waals surface area contributed by atoms with Gasteiger partial charge in [0.2, 0.25) is 0 Å². The number of carbonyl (C=O) groups is 3. The molecule has 0 bridgehead atoms. The average Bonchev–Trinajstić information content (AvgIpc) is 2.70. The van der Waals surface area contributed by atoms with Crippen LogP contribution in [0.4, 0.5) is 0 Å². The highest BCUT2D eigenvalue weighted by atomic mass is 16.6. The highest BCUT2D eigenvalue weighted by Crippen LogP contribution is 2.10. The van der Waals surface area contributed by atoms with Gasteiger partial charge in [0.25, 0.3) is 0 Å². The highest BCUT2D eigenvalue weighted by molar-refractivity contribution is 5.85. The molecule has 0 rings (SSSR count). The Morgan fingerprint density at radius 3 is 1.38 bits per heavy atom. The van der Waals surface area contributed by atoms with Gasteiger partial charge in [-0.25, -0.2) is 0 Å². The van der Waals surface area contributed by atoms with Crippen molar-refractivity contribution in [2.24, 2.45) is 0 Å². The number of hydrogen-bond acceptors (Lipinski definition) is 5. The third-order valence-electron chi connectivity index (χ3n) is 4.98. The predicted molar refractivity (Wildman–Crippen MR) is 117 cm³/mol. The molecular formula is C24H44O5. The second kappa shape index (κ2) is 21.3. The van der Waals surface area contributed by atoms with Crippen LogP contribution in [0.25, 0.3) is 0 Å². The van der Waals surface area contributed by atoms with Crippen molar-refractivity contribution in [2.75, 3.05) is 6.61 Å². The lowest BCUT2D eigenvalue weighted by Gasteiger charge is -2.05. The van der Waals surface area contributed by atoms with Crippen LogP contribution in [0.15, 0.2) is 0 Å². The van der Waals surface area contributed by atoms with E-state index in [0.29, 0.717) is 32.3 Å². The van der Waals surface area contributed by atoms with Gasteiger partial charge in [-0.05, 0) is 25.7 Å². The molecule has 0 fully saturated rings. The highest BCUT2D eigenvalue weighted by Gasteiger charge is 2.11. The predicted octanol–water partition coefficient (Wildman–Crippen LogP) is 6.66. The molecule has 0 aromatic heterocycles. The smallest absolute Gasteiger partial charge is 0.313 e. The summed E-state index contributed by atoms with van der Waals surface area (Å²) in [7, 11) is 0. The fourth-order valence-electron chi connectivity index (χ4n) is 3.13. The van der Waals surface area contributed by atoms with Gasteiger partial charge < -0.3 is 9.47 Å². The van der Waals surface area contributed by atoms with Crippen molar-refractivity contribution >= 4 is 17.9 Å².